The van der Waals surface area contributed by atoms with Crippen LogP contribution in [0.4, 0.5) is 5.69 Å². The van der Waals surface area contributed by atoms with Gasteiger partial charge in [-0.2, -0.15) is 0 Å². The fraction of sp³-hybridized carbons (Fsp3) is 0.464. The number of pyridine rings is 1. The van der Waals surface area contributed by atoms with Crippen LogP contribution < -0.4 is 10.6 Å². The summed E-state index contributed by atoms with van der Waals surface area (Å²) in [5.74, 6) is -1.42. The number of nitrogens with one attached hydrogen (secondary N) is 2. The number of carboxylic acid groups (broad SMARTS) is 2. The third-order valence-electron chi connectivity index (χ3n) is 6.54. The van der Waals surface area contributed by atoms with Crippen LogP contribution in [-0.2, 0) is 29.0 Å². The van der Waals surface area contributed by atoms with Crippen molar-refractivity contribution < 1.29 is 19.8 Å². The molecule has 0 bridgehead atoms. The van der Waals surface area contributed by atoms with Crippen LogP contribution in [0.1, 0.15) is 67.3 Å². The standard InChI is InChI=1S/C24H30ClN3.C4H6O4/c25-23-11-8-20-12-14-26-15-13-22(20)24(23)28-17-19-7-10-21(27-16-19)9-6-18-4-2-1-3-5-18;5-3(6)1-2-4(7)8/h6-11,16,18,26,28H,1-5,12-15,17H2;1-2H2,(H,5,6)(H,7,8)/b9-6+;. The van der Waals surface area contributed by atoms with Crippen molar-refractivity contribution in [3.05, 3.63) is 63.9 Å². The van der Waals surface area contributed by atoms with Gasteiger partial charge in [-0.15, -0.1) is 0 Å². The van der Waals surface area contributed by atoms with Crippen molar-refractivity contribution in [2.45, 2.75) is 64.3 Å². The first-order valence-corrected chi connectivity index (χ1v) is 13.1. The average Bonchev–Trinajstić information content (AvgIpc) is 3.13. The molecular weight excluding hydrogens is 478 g/mol. The highest BCUT2D eigenvalue weighted by atomic mass is 35.5. The summed E-state index contributed by atoms with van der Waals surface area (Å²) in [6.07, 6.45) is 14.8. The van der Waals surface area contributed by atoms with Crippen molar-refractivity contribution in [2.24, 2.45) is 5.92 Å². The van der Waals surface area contributed by atoms with Gasteiger partial charge in [-0.25, -0.2) is 0 Å². The number of halogens is 1. The van der Waals surface area contributed by atoms with Gasteiger partial charge in [0.15, 0.2) is 0 Å². The lowest BCUT2D eigenvalue weighted by molar-refractivity contribution is -0.143. The maximum absolute atomic E-state index is 9.64. The molecule has 0 unspecified atom stereocenters. The monoisotopic (exact) mass is 513 g/mol. The van der Waals surface area contributed by atoms with Crippen LogP contribution in [0.15, 0.2) is 36.5 Å². The van der Waals surface area contributed by atoms with E-state index in [4.69, 9.17) is 21.8 Å². The molecule has 2 heterocycles. The van der Waals surface area contributed by atoms with E-state index < -0.39 is 11.9 Å². The lowest BCUT2D eigenvalue weighted by Gasteiger charge is -2.17. The predicted octanol–water partition coefficient (Wildman–Crippen LogP) is 5.56. The van der Waals surface area contributed by atoms with Gasteiger partial charge in [0.1, 0.15) is 0 Å². The van der Waals surface area contributed by atoms with Gasteiger partial charge in [0.05, 0.1) is 29.2 Å². The Kier molecular flexibility index (Phi) is 11.2. The van der Waals surface area contributed by atoms with Crippen LogP contribution >= 0.6 is 11.6 Å². The number of nitrogens with zero attached hydrogens (tertiary/aromatic N) is 1. The van der Waals surface area contributed by atoms with Crippen LogP contribution in [0, 0.1) is 5.92 Å². The Balaban J connectivity index is 0.000000392. The van der Waals surface area contributed by atoms with Crippen LogP contribution in [0.3, 0.4) is 0 Å². The summed E-state index contributed by atoms with van der Waals surface area (Å²) in [6, 6.07) is 8.47. The summed E-state index contributed by atoms with van der Waals surface area (Å²) in [7, 11) is 0. The lowest BCUT2D eigenvalue weighted by atomic mass is 9.89. The van der Waals surface area contributed by atoms with Gasteiger partial charge >= 0.3 is 11.9 Å². The number of carbonyl (C=O) groups is 2. The van der Waals surface area contributed by atoms with E-state index >= 15 is 0 Å². The van der Waals surface area contributed by atoms with E-state index in [9.17, 15) is 9.59 Å². The Morgan fingerprint density at radius 2 is 1.75 bits per heavy atom. The minimum absolute atomic E-state index is 0.296. The molecule has 0 atom stereocenters. The Morgan fingerprint density at radius 3 is 2.42 bits per heavy atom. The average molecular weight is 514 g/mol. The lowest BCUT2D eigenvalue weighted by Crippen LogP contribution is -2.16. The Morgan fingerprint density at radius 1 is 1.03 bits per heavy atom. The summed E-state index contributed by atoms with van der Waals surface area (Å²) in [6.45, 7) is 2.78. The molecule has 4 N–H and O–H groups in total. The van der Waals surface area contributed by atoms with Crippen LogP contribution in [0.25, 0.3) is 6.08 Å². The molecule has 2 aromatic rings. The van der Waals surface area contributed by atoms with Crippen molar-refractivity contribution >= 4 is 35.3 Å². The van der Waals surface area contributed by atoms with Gasteiger partial charge in [-0.05, 0) is 79.6 Å². The molecule has 4 rings (SSSR count). The van der Waals surface area contributed by atoms with Gasteiger partial charge in [-0.3, -0.25) is 14.6 Å². The third-order valence-corrected chi connectivity index (χ3v) is 6.86. The fourth-order valence-corrected chi connectivity index (χ4v) is 4.78. The van der Waals surface area contributed by atoms with E-state index in [2.05, 4.69) is 46.0 Å². The number of aromatic nitrogens is 1. The van der Waals surface area contributed by atoms with Crippen LogP contribution in [-0.4, -0.2) is 40.2 Å². The Bertz CT molecular complexity index is 1020. The van der Waals surface area contributed by atoms with Gasteiger partial charge in [-0.1, -0.05) is 49.1 Å². The molecular formula is C28H36ClN3O4. The van der Waals surface area contributed by atoms with Crippen molar-refractivity contribution in [3.8, 4) is 0 Å². The van der Waals surface area contributed by atoms with Crippen molar-refractivity contribution in [1.82, 2.24) is 10.3 Å². The molecule has 2 aliphatic rings. The number of carboxylic acids is 2. The Hall–Kier alpha value is -2.90. The number of benzene rings is 1. The van der Waals surface area contributed by atoms with Gasteiger partial charge in [0.25, 0.3) is 0 Å². The molecule has 1 aliphatic heterocycles. The molecule has 36 heavy (non-hydrogen) atoms. The molecule has 0 saturated heterocycles. The normalized spacial score (nSPS) is 15.9. The van der Waals surface area contributed by atoms with Gasteiger partial charge in [0, 0.05) is 12.7 Å². The number of aliphatic carboxylic acids is 2. The highest BCUT2D eigenvalue weighted by Crippen LogP contribution is 2.31. The van der Waals surface area contributed by atoms with Crippen LogP contribution in [0.5, 0.6) is 0 Å². The molecule has 0 radical (unpaired) electrons. The summed E-state index contributed by atoms with van der Waals surface area (Å²) in [4.78, 5) is 23.9. The summed E-state index contributed by atoms with van der Waals surface area (Å²) < 4.78 is 0. The number of fused-ring (bicyclic) bond motifs is 1. The Labute approximate surface area is 218 Å². The predicted molar refractivity (Wildman–Crippen MR) is 143 cm³/mol. The van der Waals surface area contributed by atoms with E-state index in [-0.39, 0.29) is 12.8 Å². The number of anilines is 1. The fourth-order valence-electron chi connectivity index (χ4n) is 4.54. The summed E-state index contributed by atoms with van der Waals surface area (Å²) in [5.41, 5.74) is 6.07. The quantitative estimate of drug-likeness (QED) is 0.365. The van der Waals surface area contributed by atoms with Crippen molar-refractivity contribution in [3.63, 3.8) is 0 Å². The van der Waals surface area contributed by atoms with Crippen molar-refractivity contribution in [1.29, 1.82) is 0 Å². The van der Waals surface area contributed by atoms with E-state index in [1.54, 1.807) is 0 Å². The number of hydrogen-bond acceptors (Lipinski definition) is 5. The zero-order valence-corrected chi connectivity index (χ0v) is 21.4. The second-order valence-corrected chi connectivity index (χ2v) is 9.71. The number of allylic oxidation sites excluding steroid dienone is 1. The zero-order chi connectivity index (χ0) is 25.8. The molecule has 1 aromatic carbocycles. The first kappa shape index (κ1) is 27.7. The molecule has 0 amide bonds. The topological polar surface area (TPSA) is 112 Å². The van der Waals surface area contributed by atoms with E-state index in [1.807, 2.05) is 12.3 Å². The minimum Gasteiger partial charge on any atom is -0.481 e. The molecule has 8 heteroatoms. The first-order chi connectivity index (χ1) is 17.4. The molecule has 1 saturated carbocycles. The summed E-state index contributed by atoms with van der Waals surface area (Å²) >= 11 is 6.51. The molecule has 194 valence electrons. The third kappa shape index (κ3) is 9.28. The highest BCUT2D eigenvalue weighted by Gasteiger charge is 2.15. The first-order valence-electron chi connectivity index (χ1n) is 12.7. The highest BCUT2D eigenvalue weighted by molar-refractivity contribution is 6.33. The second kappa shape index (κ2) is 14.6. The maximum Gasteiger partial charge on any atom is 0.303 e. The largest absolute Gasteiger partial charge is 0.481 e. The van der Waals surface area contributed by atoms with Gasteiger partial charge in [0.2, 0.25) is 0 Å². The smallest absolute Gasteiger partial charge is 0.303 e. The molecule has 1 aliphatic carbocycles. The minimum atomic E-state index is -1.08. The zero-order valence-electron chi connectivity index (χ0n) is 20.6. The number of rotatable bonds is 8. The maximum atomic E-state index is 9.64. The molecule has 0 spiro atoms. The van der Waals surface area contributed by atoms with E-state index in [0.717, 1.165) is 54.8 Å². The van der Waals surface area contributed by atoms with Gasteiger partial charge < -0.3 is 20.8 Å². The summed E-state index contributed by atoms with van der Waals surface area (Å²) in [5, 5.41) is 23.6. The molecule has 1 aromatic heterocycles. The van der Waals surface area contributed by atoms with Crippen molar-refractivity contribution in [2.75, 3.05) is 18.4 Å². The van der Waals surface area contributed by atoms with E-state index in [0.29, 0.717) is 0 Å². The van der Waals surface area contributed by atoms with Crippen LogP contribution in [0.2, 0.25) is 5.02 Å². The van der Waals surface area contributed by atoms with E-state index in [1.165, 1.54) is 48.8 Å². The second-order valence-electron chi connectivity index (χ2n) is 9.30. The molecule has 7 nitrogen and oxygen atoms in total. The number of hydrogen-bond donors (Lipinski definition) is 4. The SMILES string of the molecule is Clc1ccc2c(c1NCc1ccc(/C=C/C3CCCCC3)nc1)CCNCC2.O=C(O)CCC(=O)O. The molecule has 1 fully saturated rings.